The Morgan fingerprint density at radius 3 is 2.76 bits per heavy atom. The average molecular weight is 361 g/mol. The molecule has 1 atom stereocenters. The standard InChI is InChI=1S/C17H23N5O2S/c1-3-24-14-8-6-13(7-9-14)16-20-21-17(22(16)18)25-10-15(23)19-11(2)12-4-5-12/h6-9,11-12H,3-5,10,18H2,1-2H3,(H,19,23)/t11-/m0/s1. The lowest BCUT2D eigenvalue weighted by molar-refractivity contribution is -0.119. The quantitative estimate of drug-likeness (QED) is 0.552. The number of nitrogens with one attached hydrogen (secondary N) is 1. The molecule has 1 aromatic carbocycles. The summed E-state index contributed by atoms with van der Waals surface area (Å²) in [5, 5.41) is 11.8. The van der Waals surface area contributed by atoms with Crippen LogP contribution in [0.1, 0.15) is 26.7 Å². The van der Waals surface area contributed by atoms with E-state index in [4.69, 9.17) is 10.6 Å². The molecule has 0 aliphatic heterocycles. The Kier molecular flexibility index (Phi) is 5.47. The predicted molar refractivity (Wildman–Crippen MR) is 97.8 cm³/mol. The first-order valence-corrected chi connectivity index (χ1v) is 9.43. The van der Waals surface area contributed by atoms with Gasteiger partial charge in [0.1, 0.15) is 5.75 Å². The molecule has 1 amide bonds. The molecule has 0 bridgehead atoms. The van der Waals surface area contributed by atoms with Gasteiger partial charge in [0.2, 0.25) is 11.1 Å². The van der Waals surface area contributed by atoms with Crippen molar-refractivity contribution in [2.45, 2.75) is 37.9 Å². The Hall–Kier alpha value is -2.22. The van der Waals surface area contributed by atoms with Gasteiger partial charge in [-0.1, -0.05) is 11.8 Å². The van der Waals surface area contributed by atoms with Crippen molar-refractivity contribution in [2.24, 2.45) is 5.92 Å². The average Bonchev–Trinajstić information content (AvgIpc) is 3.39. The van der Waals surface area contributed by atoms with E-state index >= 15 is 0 Å². The molecule has 25 heavy (non-hydrogen) atoms. The zero-order valence-electron chi connectivity index (χ0n) is 14.4. The van der Waals surface area contributed by atoms with Gasteiger partial charge < -0.3 is 15.9 Å². The van der Waals surface area contributed by atoms with Crippen LogP contribution in [0.3, 0.4) is 0 Å². The molecule has 134 valence electrons. The molecule has 8 heteroatoms. The molecule has 1 saturated carbocycles. The summed E-state index contributed by atoms with van der Waals surface area (Å²) in [4.78, 5) is 12.0. The second-order valence-electron chi connectivity index (χ2n) is 6.12. The zero-order valence-corrected chi connectivity index (χ0v) is 15.3. The van der Waals surface area contributed by atoms with E-state index in [1.165, 1.54) is 29.3 Å². The highest BCUT2D eigenvalue weighted by atomic mass is 32.2. The zero-order chi connectivity index (χ0) is 17.8. The second kappa shape index (κ2) is 7.77. The summed E-state index contributed by atoms with van der Waals surface area (Å²) in [6.07, 6.45) is 2.41. The number of ether oxygens (including phenoxy) is 1. The van der Waals surface area contributed by atoms with E-state index in [0.29, 0.717) is 23.5 Å². The van der Waals surface area contributed by atoms with Crippen LogP contribution in [0.2, 0.25) is 0 Å². The molecule has 2 aromatic rings. The number of rotatable bonds is 8. The van der Waals surface area contributed by atoms with Gasteiger partial charge in [-0.3, -0.25) is 4.79 Å². The van der Waals surface area contributed by atoms with Crippen LogP contribution in [0.4, 0.5) is 0 Å². The van der Waals surface area contributed by atoms with Crippen molar-refractivity contribution in [1.29, 1.82) is 0 Å². The molecule has 0 spiro atoms. The van der Waals surface area contributed by atoms with Gasteiger partial charge in [-0.15, -0.1) is 10.2 Å². The molecule has 1 aromatic heterocycles. The molecule has 3 rings (SSSR count). The summed E-state index contributed by atoms with van der Waals surface area (Å²) >= 11 is 1.28. The third kappa shape index (κ3) is 4.45. The minimum absolute atomic E-state index is 0.00461. The number of nitrogens with zero attached hydrogens (tertiary/aromatic N) is 3. The Balaban J connectivity index is 1.59. The van der Waals surface area contributed by atoms with Gasteiger partial charge in [-0.25, -0.2) is 4.68 Å². The predicted octanol–water partition coefficient (Wildman–Crippen LogP) is 2.06. The molecular weight excluding hydrogens is 338 g/mol. The van der Waals surface area contributed by atoms with Gasteiger partial charge in [0.05, 0.1) is 12.4 Å². The maximum Gasteiger partial charge on any atom is 0.230 e. The Morgan fingerprint density at radius 2 is 2.12 bits per heavy atom. The Morgan fingerprint density at radius 1 is 1.40 bits per heavy atom. The highest BCUT2D eigenvalue weighted by Crippen LogP contribution is 2.32. The fraction of sp³-hybridized carbons (Fsp3) is 0.471. The van der Waals surface area contributed by atoms with Crippen LogP contribution in [0, 0.1) is 5.92 Å². The number of hydrogen-bond acceptors (Lipinski definition) is 6. The number of amides is 1. The largest absolute Gasteiger partial charge is 0.494 e. The number of thioether (sulfide) groups is 1. The lowest BCUT2D eigenvalue weighted by Crippen LogP contribution is -2.35. The minimum Gasteiger partial charge on any atom is -0.494 e. The highest BCUT2D eigenvalue weighted by Gasteiger charge is 2.28. The molecular formula is C17H23N5O2S. The highest BCUT2D eigenvalue weighted by molar-refractivity contribution is 7.99. The van der Waals surface area contributed by atoms with Crippen LogP contribution in [-0.4, -0.2) is 39.2 Å². The SMILES string of the molecule is CCOc1ccc(-c2nnc(SCC(=O)N[C@@H](C)C3CC3)n2N)cc1. The normalized spacial score (nSPS) is 15.0. The van der Waals surface area contributed by atoms with E-state index in [1.807, 2.05) is 31.2 Å². The lowest BCUT2D eigenvalue weighted by Gasteiger charge is -2.12. The van der Waals surface area contributed by atoms with Gasteiger partial charge in [0.15, 0.2) is 5.82 Å². The van der Waals surface area contributed by atoms with Crippen molar-refractivity contribution >= 4 is 17.7 Å². The third-order valence-corrected chi connectivity index (χ3v) is 5.08. The molecule has 1 aliphatic rings. The van der Waals surface area contributed by atoms with Crippen LogP contribution >= 0.6 is 11.8 Å². The van der Waals surface area contributed by atoms with Crippen LogP contribution in [0.15, 0.2) is 29.4 Å². The van der Waals surface area contributed by atoms with Crippen LogP contribution < -0.4 is 15.9 Å². The summed E-state index contributed by atoms with van der Waals surface area (Å²) in [7, 11) is 0. The third-order valence-electron chi connectivity index (χ3n) is 4.14. The van der Waals surface area contributed by atoms with Gasteiger partial charge in [0, 0.05) is 11.6 Å². The van der Waals surface area contributed by atoms with Crippen LogP contribution in [0.5, 0.6) is 5.75 Å². The van der Waals surface area contributed by atoms with Gasteiger partial charge >= 0.3 is 0 Å². The van der Waals surface area contributed by atoms with Crippen LogP contribution in [-0.2, 0) is 4.79 Å². The van der Waals surface area contributed by atoms with E-state index in [-0.39, 0.29) is 17.7 Å². The molecule has 1 heterocycles. The van der Waals surface area contributed by atoms with Gasteiger partial charge in [0.25, 0.3) is 0 Å². The van der Waals surface area contributed by atoms with Crippen molar-refractivity contribution < 1.29 is 9.53 Å². The number of hydrogen-bond donors (Lipinski definition) is 2. The van der Waals surface area contributed by atoms with Crippen LogP contribution in [0.25, 0.3) is 11.4 Å². The number of benzene rings is 1. The maximum atomic E-state index is 12.0. The first-order chi connectivity index (χ1) is 12.1. The molecule has 1 fully saturated rings. The van der Waals surface area contributed by atoms with Gasteiger partial charge in [-0.05, 0) is 56.9 Å². The molecule has 7 nitrogen and oxygen atoms in total. The Labute approximate surface area is 151 Å². The first-order valence-electron chi connectivity index (χ1n) is 8.44. The Bertz CT molecular complexity index is 727. The number of carbonyl (C=O) groups is 1. The fourth-order valence-electron chi connectivity index (χ4n) is 2.58. The molecule has 0 saturated heterocycles. The number of nitrogens with two attached hydrogens (primary N) is 1. The van der Waals surface area contributed by atoms with Gasteiger partial charge in [-0.2, -0.15) is 0 Å². The van der Waals surface area contributed by atoms with E-state index in [0.717, 1.165) is 11.3 Å². The molecule has 1 aliphatic carbocycles. The second-order valence-corrected chi connectivity index (χ2v) is 7.06. The van der Waals surface area contributed by atoms with E-state index in [2.05, 4.69) is 22.4 Å². The van der Waals surface area contributed by atoms with Crippen molar-refractivity contribution in [2.75, 3.05) is 18.2 Å². The summed E-state index contributed by atoms with van der Waals surface area (Å²) in [5.41, 5.74) is 0.845. The molecule has 3 N–H and O–H groups in total. The van der Waals surface area contributed by atoms with Crippen molar-refractivity contribution in [3.05, 3.63) is 24.3 Å². The van der Waals surface area contributed by atoms with Crippen molar-refractivity contribution in [3.63, 3.8) is 0 Å². The summed E-state index contributed by atoms with van der Waals surface area (Å²) in [6.45, 7) is 4.61. The number of aromatic nitrogens is 3. The summed E-state index contributed by atoms with van der Waals surface area (Å²) in [6, 6.07) is 7.75. The summed E-state index contributed by atoms with van der Waals surface area (Å²) < 4.78 is 6.84. The fourth-order valence-corrected chi connectivity index (χ4v) is 3.25. The van der Waals surface area contributed by atoms with E-state index < -0.39 is 0 Å². The van der Waals surface area contributed by atoms with Crippen molar-refractivity contribution in [3.8, 4) is 17.1 Å². The lowest BCUT2D eigenvalue weighted by atomic mass is 10.2. The summed E-state index contributed by atoms with van der Waals surface area (Å²) in [5.74, 6) is 8.34. The molecule has 0 unspecified atom stereocenters. The smallest absolute Gasteiger partial charge is 0.230 e. The minimum atomic E-state index is -0.00461. The first kappa shape index (κ1) is 17.6. The topological polar surface area (TPSA) is 95.1 Å². The number of carbonyl (C=O) groups excluding carboxylic acids is 1. The van der Waals surface area contributed by atoms with E-state index in [1.54, 1.807) is 0 Å². The number of nitrogen functional groups attached to an aromatic ring is 1. The monoisotopic (exact) mass is 361 g/mol. The molecule has 0 radical (unpaired) electrons. The van der Waals surface area contributed by atoms with Crippen molar-refractivity contribution in [1.82, 2.24) is 20.2 Å². The maximum absolute atomic E-state index is 12.0. The van der Waals surface area contributed by atoms with E-state index in [9.17, 15) is 4.79 Å².